The number of anilines is 1. The molecule has 0 atom stereocenters. The van der Waals surface area contributed by atoms with Gasteiger partial charge in [0.25, 0.3) is 5.69 Å². The summed E-state index contributed by atoms with van der Waals surface area (Å²) in [6.45, 7) is 0.517. The second-order valence-corrected chi connectivity index (χ2v) is 5.31. The Morgan fingerprint density at radius 2 is 1.95 bits per heavy atom. The highest BCUT2D eigenvalue weighted by atomic mass is 79.9. The molecule has 0 aromatic heterocycles. The van der Waals surface area contributed by atoms with Gasteiger partial charge in [0.15, 0.2) is 0 Å². The molecule has 116 valence electrons. The first-order chi connectivity index (χ1) is 10.5. The highest BCUT2D eigenvalue weighted by Crippen LogP contribution is 2.29. The lowest BCUT2D eigenvalue weighted by atomic mass is 10.2. The topological polar surface area (TPSA) is 73.6 Å². The van der Waals surface area contributed by atoms with Crippen LogP contribution in [0.1, 0.15) is 5.56 Å². The zero-order valence-electron chi connectivity index (χ0n) is 12.1. The van der Waals surface area contributed by atoms with Crippen molar-refractivity contribution in [3.05, 3.63) is 56.5 Å². The van der Waals surface area contributed by atoms with Gasteiger partial charge in [-0.1, -0.05) is 0 Å². The SMILES string of the molecule is COc1ccc(CNc2ccc([N+](=O)[O-])cc2Br)c(OC)c1. The number of rotatable bonds is 6. The standard InChI is InChI=1S/C15H15BrN2O4/c1-21-12-5-3-10(15(8-12)22-2)9-17-14-6-4-11(18(19)20)7-13(14)16/h3-8,17H,9H2,1-2H3. The highest BCUT2D eigenvalue weighted by Gasteiger charge is 2.10. The Balaban J connectivity index is 2.15. The first-order valence-corrected chi connectivity index (χ1v) is 7.23. The smallest absolute Gasteiger partial charge is 0.270 e. The van der Waals surface area contributed by atoms with Crippen LogP contribution < -0.4 is 14.8 Å². The largest absolute Gasteiger partial charge is 0.497 e. The molecule has 7 heteroatoms. The molecule has 0 fully saturated rings. The van der Waals surface area contributed by atoms with Gasteiger partial charge in [-0.2, -0.15) is 0 Å². The minimum Gasteiger partial charge on any atom is -0.497 e. The Labute approximate surface area is 136 Å². The van der Waals surface area contributed by atoms with E-state index >= 15 is 0 Å². The quantitative estimate of drug-likeness (QED) is 0.617. The van der Waals surface area contributed by atoms with E-state index in [0.717, 1.165) is 17.0 Å². The van der Waals surface area contributed by atoms with Gasteiger partial charge in [0.2, 0.25) is 0 Å². The average molecular weight is 367 g/mol. The Morgan fingerprint density at radius 3 is 2.55 bits per heavy atom. The summed E-state index contributed by atoms with van der Waals surface area (Å²) in [5, 5.41) is 13.9. The van der Waals surface area contributed by atoms with Crippen LogP contribution in [0.4, 0.5) is 11.4 Å². The summed E-state index contributed by atoms with van der Waals surface area (Å²) in [6, 6.07) is 10.2. The van der Waals surface area contributed by atoms with Crippen molar-refractivity contribution >= 4 is 27.3 Å². The molecule has 0 saturated carbocycles. The Hall–Kier alpha value is -2.28. The normalized spacial score (nSPS) is 10.1. The van der Waals surface area contributed by atoms with Crippen molar-refractivity contribution in [2.24, 2.45) is 0 Å². The van der Waals surface area contributed by atoms with Crippen molar-refractivity contribution in [1.82, 2.24) is 0 Å². The first-order valence-electron chi connectivity index (χ1n) is 6.44. The molecule has 0 amide bonds. The number of halogens is 1. The number of methoxy groups -OCH3 is 2. The number of benzene rings is 2. The summed E-state index contributed by atoms with van der Waals surface area (Å²) < 4.78 is 11.1. The number of hydrogen-bond acceptors (Lipinski definition) is 5. The molecule has 22 heavy (non-hydrogen) atoms. The van der Waals surface area contributed by atoms with E-state index in [0.29, 0.717) is 16.8 Å². The van der Waals surface area contributed by atoms with E-state index in [9.17, 15) is 10.1 Å². The van der Waals surface area contributed by atoms with Crippen LogP contribution in [0.3, 0.4) is 0 Å². The van der Waals surface area contributed by atoms with Crippen LogP contribution in [0.5, 0.6) is 11.5 Å². The summed E-state index contributed by atoms with van der Waals surface area (Å²) in [5.41, 5.74) is 1.76. The van der Waals surface area contributed by atoms with Gasteiger partial charge in [-0.05, 0) is 34.1 Å². The monoisotopic (exact) mass is 366 g/mol. The summed E-state index contributed by atoms with van der Waals surface area (Å²) >= 11 is 3.33. The Bertz CT molecular complexity index is 691. The molecular weight excluding hydrogens is 352 g/mol. The molecule has 0 unspecified atom stereocenters. The molecule has 0 radical (unpaired) electrons. The van der Waals surface area contributed by atoms with Crippen molar-refractivity contribution in [3.8, 4) is 11.5 Å². The average Bonchev–Trinajstić information content (AvgIpc) is 2.53. The van der Waals surface area contributed by atoms with Crippen LogP contribution in [0.2, 0.25) is 0 Å². The number of nitro benzene ring substituents is 1. The van der Waals surface area contributed by atoms with E-state index in [4.69, 9.17) is 9.47 Å². The molecular formula is C15H15BrN2O4. The summed E-state index contributed by atoms with van der Waals surface area (Å²) in [6.07, 6.45) is 0. The minimum absolute atomic E-state index is 0.0412. The lowest BCUT2D eigenvalue weighted by Gasteiger charge is -2.13. The van der Waals surface area contributed by atoms with Gasteiger partial charge in [-0.25, -0.2) is 0 Å². The molecule has 2 aromatic carbocycles. The lowest BCUT2D eigenvalue weighted by molar-refractivity contribution is -0.384. The molecule has 0 saturated heterocycles. The van der Waals surface area contributed by atoms with E-state index in [1.54, 1.807) is 20.3 Å². The van der Waals surface area contributed by atoms with E-state index in [1.165, 1.54) is 12.1 Å². The molecule has 6 nitrogen and oxygen atoms in total. The van der Waals surface area contributed by atoms with Crippen LogP contribution in [0.25, 0.3) is 0 Å². The van der Waals surface area contributed by atoms with Crippen LogP contribution in [-0.4, -0.2) is 19.1 Å². The van der Waals surface area contributed by atoms with E-state index in [1.807, 2.05) is 18.2 Å². The van der Waals surface area contributed by atoms with E-state index in [-0.39, 0.29) is 5.69 Å². The van der Waals surface area contributed by atoms with Crippen molar-refractivity contribution < 1.29 is 14.4 Å². The molecule has 2 rings (SSSR count). The maximum Gasteiger partial charge on any atom is 0.270 e. The van der Waals surface area contributed by atoms with Gasteiger partial charge in [-0.3, -0.25) is 10.1 Å². The molecule has 2 aromatic rings. The van der Waals surface area contributed by atoms with Gasteiger partial charge in [0, 0.05) is 40.5 Å². The van der Waals surface area contributed by atoms with Gasteiger partial charge >= 0.3 is 0 Å². The number of non-ortho nitro benzene ring substituents is 1. The van der Waals surface area contributed by atoms with Crippen LogP contribution >= 0.6 is 15.9 Å². The molecule has 0 aliphatic carbocycles. The second kappa shape index (κ2) is 7.13. The summed E-state index contributed by atoms with van der Waals surface area (Å²) in [4.78, 5) is 10.3. The molecule has 0 bridgehead atoms. The van der Waals surface area contributed by atoms with Crippen molar-refractivity contribution in [2.45, 2.75) is 6.54 Å². The zero-order valence-corrected chi connectivity index (χ0v) is 13.7. The maximum atomic E-state index is 10.7. The second-order valence-electron chi connectivity index (χ2n) is 4.45. The zero-order chi connectivity index (χ0) is 16.1. The third kappa shape index (κ3) is 3.67. The van der Waals surface area contributed by atoms with Crippen LogP contribution in [-0.2, 0) is 6.54 Å². The van der Waals surface area contributed by atoms with Crippen LogP contribution in [0.15, 0.2) is 40.9 Å². The van der Waals surface area contributed by atoms with E-state index in [2.05, 4.69) is 21.2 Å². The molecule has 0 aliphatic heterocycles. The fourth-order valence-corrected chi connectivity index (χ4v) is 2.46. The number of hydrogen-bond donors (Lipinski definition) is 1. The van der Waals surface area contributed by atoms with Crippen molar-refractivity contribution in [1.29, 1.82) is 0 Å². The highest BCUT2D eigenvalue weighted by molar-refractivity contribution is 9.10. The molecule has 0 heterocycles. The molecule has 1 N–H and O–H groups in total. The number of nitrogens with zero attached hydrogens (tertiary/aromatic N) is 1. The van der Waals surface area contributed by atoms with Crippen molar-refractivity contribution in [3.63, 3.8) is 0 Å². The number of nitro groups is 1. The fraction of sp³-hybridized carbons (Fsp3) is 0.200. The van der Waals surface area contributed by atoms with Crippen molar-refractivity contribution in [2.75, 3.05) is 19.5 Å². The molecule has 0 aliphatic rings. The predicted molar refractivity (Wildman–Crippen MR) is 87.7 cm³/mol. The van der Waals surface area contributed by atoms with Gasteiger partial charge in [0.05, 0.1) is 19.1 Å². The Kier molecular flexibility index (Phi) is 5.21. The first kappa shape index (κ1) is 16.1. The van der Waals surface area contributed by atoms with Gasteiger partial charge < -0.3 is 14.8 Å². The Morgan fingerprint density at radius 1 is 1.18 bits per heavy atom. The maximum absolute atomic E-state index is 10.7. The third-order valence-electron chi connectivity index (χ3n) is 3.13. The minimum atomic E-state index is -0.430. The molecule has 0 spiro atoms. The number of ether oxygens (including phenoxy) is 2. The lowest BCUT2D eigenvalue weighted by Crippen LogP contribution is -2.03. The number of nitrogens with one attached hydrogen (secondary N) is 1. The van der Waals surface area contributed by atoms with Gasteiger partial charge in [-0.15, -0.1) is 0 Å². The van der Waals surface area contributed by atoms with E-state index < -0.39 is 4.92 Å². The van der Waals surface area contributed by atoms with Crippen LogP contribution in [0, 0.1) is 10.1 Å². The third-order valence-corrected chi connectivity index (χ3v) is 3.78. The van der Waals surface area contributed by atoms with Gasteiger partial charge in [0.1, 0.15) is 11.5 Å². The summed E-state index contributed by atoms with van der Waals surface area (Å²) in [5.74, 6) is 1.43. The fourth-order valence-electron chi connectivity index (χ4n) is 1.95. The summed E-state index contributed by atoms with van der Waals surface area (Å²) in [7, 11) is 3.20. The predicted octanol–water partition coefficient (Wildman–Crippen LogP) is 3.99.